The van der Waals surface area contributed by atoms with E-state index in [0.717, 1.165) is 22.5 Å². The summed E-state index contributed by atoms with van der Waals surface area (Å²) in [7, 11) is 0. The topological polar surface area (TPSA) is 98.0 Å². The first-order valence-corrected chi connectivity index (χ1v) is 9.63. The molecule has 3 rings (SSSR count). The number of thioether (sulfide) groups is 1. The number of aryl methyl sites for hydroxylation is 1. The van der Waals surface area contributed by atoms with E-state index in [1.54, 1.807) is 35.6 Å². The van der Waals surface area contributed by atoms with Gasteiger partial charge in [0.2, 0.25) is 11.8 Å². The Labute approximate surface area is 158 Å². The fourth-order valence-electron chi connectivity index (χ4n) is 2.15. The lowest BCUT2D eigenvalue weighted by molar-refractivity contribution is -0.113. The number of carbonyl (C=O) groups excluding carboxylic acids is 2. The number of hydrogen-bond donors (Lipinski definition) is 1. The van der Waals surface area contributed by atoms with Crippen LogP contribution in [0.2, 0.25) is 0 Å². The molecule has 0 aliphatic carbocycles. The average Bonchev–Trinajstić information content (AvgIpc) is 3.22. The zero-order chi connectivity index (χ0) is 18.5. The van der Waals surface area contributed by atoms with Crippen molar-refractivity contribution in [2.24, 2.45) is 0 Å². The first-order valence-electron chi connectivity index (χ1n) is 7.76. The maximum Gasteiger partial charge on any atom is 0.277 e. The lowest BCUT2D eigenvalue weighted by atomic mass is 10.1. The van der Waals surface area contributed by atoms with E-state index in [1.807, 2.05) is 12.3 Å². The predicted molar refractivity (Wildman–Crippen MR) is 99.8 cm³/mol. The standard InChI is InChI=1S/C17H16N4O3S2/c1-10(22)12-4-3-5-13(6-12)19-15(23)9-26-17-21-20-16(24-17)7-14-8-25-11(2)18-14/h3-6,8H,7,9H2,1-2H3,(H,19,23). The van der Waals surface area contributed by atoms with Gasteiger partial charge in [-0.05, 0) is 26.0 Å². The van der Waals surface area contributed by atoms with Crippen LogP contribution in [0.4, 0.5) is 5.69 Å². The van der Waals surface area contributed by atoms with Gasteiger partial charge in [0.1, 0.15) is 0 Å². The molecule has 0 aliphatic rings. The highest BCUT2D eigenvalue weighted by atomic mass is 32.2. The van der Waals surface area contributed by atoms with E-state index in [-0.39, 0.29) is 17.4 Å². The number of ketones is 1. The van der Waals surface area contributed by atoms with Gasteiger partial charge in [-0.15, -0.1) is 21.5 Å². The molecule has 0 aliphatic heterocycles. The van der Waals surface area contributed by atoms with E-state index in [4.69, 9.17) is 4.42 Å². The van der Waals surface area contributed by atoms with E-state index in [9.17, 15) is 9.59 Å². The van der Waals surface area contributed by atoms with Crippen LogP contribution >= 0.6 is 23.1 Å². The van der Waals surface area contributed by atoms with Gasteiger partial charge < -0.3 is 9.73 Å². The molecule has 0 saturated heterocycles. The van der Waals surface area contributed by atoms with Crippen LogP contribution in [0, 0.1) is 6.92 Å². The summed E-state index contributed by atoms with van der Waals surface area (Å²) in [5.41, 5.74) is 2.01. The van der Waals surface area contributed by atoms with Crippen molar-refractivity contribution in [1.29, 1.82) is 0 Å². The quantitative estimate of drug-likeness (QED) is 0.489. The Balaban J connectivity index is 1.52. The molecule has 2 aromatic heterocycles. The van der Waals surface area contributed by atoms with Crippen LogP contribution in [-0.4, -0.2) is 32.6 Å². The van der Waals surface area contributed by atoms with Crippen molar-refractivity contribution in [2.75, 3.05) is 11.1 Å². The molecule has 0 bridgehead atoms. The SMILES string of the molecule is CC(=O)c1cccc(NC(=O)CSc2nnc(Cc3csc(C)n3)o2)c1. The number of thiazole rings is 1. The third-order valence-electron chi connectivity index (χ3n) is 3.33. The number of hydrogen-bond acceptors (Lipinski definition) is 8. The van der Waals surface area contributed by atoms with Gasteiger partial charge in [-0.3, -0.25) is 9.59 Å². The molecule has 0 fully saturated rings. The molecule has 0 unspecified atom stereocenters. The lowest BCUT2D eigenvalue weighted by Gasteiger charge is -2.05. The predicted octanol–water partition coefficient (Wildman–Crippen LogP) is 3.36. The lowest BCUT2D eigenvalue weighted by Crippen LogP contribution is -2.14. The number of carbonyl (C=O) groups is 2. The summed E-state index contributed by atoms with van der Waals surface area (Å²) in [6.07, 6.45) is 0.474. The zero-order valence-electron chi connectivity index (χ0n) is 14.2. The maximum atomic E-state index is 12.1. The largest absolute Gasteiger partial charge is 0.416 e. The first-order chi connectivity index (χ1) is 12.5. The fraction of sp³-hybridized carbons (Fsp3) is 0.235. The minimum absolute atomic E-state index is 0.0517. The second kappa shape index (κ2) is 8.24. The molecule has 3 aromatic rings. The molecule has 9 heteroatoms. The number of nitrogens with zero attached hydrogens (tertiary/aromatic N) is 3. The maximum absolute atomic E-state index is 12.1. The molecule has 1 amide bonds. The Morgan fingerprint density at radius 3 is 2.88 bits per heavy atom. The minimum atomic E-state index is -0.217. The second-order valence-corrected chi connectivity index (χ2v) is 7.46. The van der Waals surface area contributed by atoms with Crippen molar-refractivity contribution in [2.45, 2.75) is 25.5 Å². The molecular weight excluding hydrogens is 372 g/mol. The number of benzene rings is 1. The van der Waals surface area contributed by atoms with E-state index in [1.165, 1.54) is 6.92 Å². The highest BCUT2D eigenvalue weighted by Gasteiger charge is 2.12. The number of Topliss-reactive ketones (excluding diaryl/α,β-unsaturated/α-hetero) is 1. The number of rotatable bonds is 7. The number of amides is 1. The monoisotopic (exact) mass is 388 g/mol. The summed E-state index contributed by atoms with van der Waals surface area (Å²) >= 11 is 2.73. The Hall–Kier alpha value is -2.52. The summed E-state index contributed by atoms with van der Waals surface area (Å²) in [4.78, 5) is 27.8. The van der Waals surface area contributed by atoms with Crippen LogP contribution in [0.15, 0.2) is 39.3 Å². The summed E-state index contributed by atoms with van der Waals surface area (Å²) in [5.74, 6) is 0.323. The normalized spacial score (nSPS) is 10.7. The fourth-order valence-corrected chi connectivity index (χ4v) is 3.35. The van der Waals surface area contributed by atoms with Crippen molar-refractivity contribution >= 4 is 40.5 Å². The minimum Gasteiger partial charge on any atom is -0.416 e. The number of anilines is 1. The molecule has 1 N–H and O–H groups in total. The molecule has 0 spiro atoms. The number of nitrogens with one attached hydrogen (secondary N) is 1. The van der Waals surface area contributed by atoms with Gasteiger partial charge in [0.05, 0.1) is 22.9 Å². The highest BCUT2D eigenvalue weighted by molar-refractivity contribution is 7.99. The van der Waals surface area contributed by atoms with E-state index in [2.05, 4.69) is 20.5 Å². The number of aromatic nitrogens is 3. The Kier molecular flexibility index (Phi) is 5.79. The van der Waals surface area contributed by atoms with Gasteiger partial charge in [0.25, 0.3) is 5.22 Å². The van der Waals surface area contributed by atoms with E-state index >= 15 is 0 Å². The van der Waals surface area contributed by atoms with Crippen LogP contribution in [-0.2, 0) is 11.2 Å². The van der Waals surface area contributed by atoms with E-state index in [0.29, 0.717) is 28.8 Å². The Morgan fingerprint density at radius 1 is 1.31 bits per heavy atom. The summed E-state index contributed by atoms with van der Waals surface area (Å²) in [6.45, 7) is 3.42. The first kappa shape index (κ1) is 18.3. The van der Waals surface area contributed by atoms with Crippen molar-refractivity contribution in [3.63, 3.8) is 0 Å². The van der Waals surface area contributed by atoms with E-state index < -0.39 is 0 Å². The molecule has 2 heterocycles. The molecule has 0 radical (unpaired) electrons. The highest BCUT2D eigenvalue weighted by Crippen LogP contribution is 2.19. The smallest absolute Gasteiger partial charge is 0.277 e. The van der Waals surface area contributed by atoms with Crippen LogP contribution in [0.3, 0.4) is 0 Å². The van der Waals surface area contributed by atoms with Crippen molar-refractivity contribution in [1.82, 2.24) is 15.2 Å². The molecule has 0 atom stereocenters. The van der Waals surface area contributed by atoms with Gasteiger partial charge in [0.15, 0.2) is 5.78 Å². The van der Waals surface area contributed by atoms with Gasteiger partial charge in [0, 0.05) is 16.6 Å². The molecule has 7 nitrogen and oxygen atoms in total. The van der Waals surface area contributed by atoms with Gasteiger partial charge in [-0.25, -0.2) is 4.98 Å². The van der Waals surface area contributed by atoms with Crippen molar-refractivity contribution in [3.05, 3.63) is 51.8 Å². The third kappa shape index (κ3) is 4.99. The Morgan fingerprint density at radius 2 is 2.15 bits per heavy atom. The average molecular weight is 388 g/mol. The Bertz CT molecular complexity index is 935. The third-order valence-corrected chi connectivity index (χ3v) is 4.97. The second-order valence-electron chi connectivity index (χ2n) is 5.47. The van der Waals surface area contributed by atoms with Gasteiger partial charge in [-0.2, -0.15) is 0 Å². The molecule has 0 saturated carbocycles. The van der Waals surface area contributed by atoms with Crippen molar-refractivity contribution in [3.8, 4) is 0 Å². The molecule has 134 valence electrons. The van der Waals surface area contributed by atoms with Gasteiger partial charge in [-0.1, -0.05) is 23.9 Å². The summed E-state index contributed by atoms with van der Waals surface area (Å²) in [6, 6.07) is 6.81. The summed E-state index contributed by atoms with van der Waals surface area (Å²) in [5, 5.41) is 13.9. The van der Waals surface area contributed by atoms with Crippen molar-refractivity contribution < 1.29 is 14.0 Å². The van der Waals surface area contributed by atoms with Gasteiger partial charge >= 0.3 is 0 Å². The van der Waals surface area contributed by atoms with Crippen LogP contribution in [0.1, 0.15) is 33.9 Å². The zero-order valence-corrected chi connectivity index (χ0v) is 15.8. The van der Waals surface area contributed by atoms with Crippen LogP contribution in [0.25, 0.3) is 0 Å². The molecule has 26 heavy (non-hydrogen) atoms. The molecule has 1 aromatic carbocycles. The summed E-state index contributed by atoms with van der Waals surface area (Å²) < 4.78 is 5.53. The van der Waals surface area contributed by atoms with Crippen LogP contribution < -0.4 is 5.32 Å². The molecular formula is C17H16N4O3S2. The van der Waals surface area contributed by atoms with Crippen LogP contribution in [0.5, 0.6) is 0 Å².